The zero-order valence-electron chi connectivity index (χ0n) is 10.4. The average molecular weight is 246 g/mol. The van der Waals surface area contributed by atoms with Gasteiger partial charge in [-0.2, -0.15) is 5.26 Å². The van der Waals surface area contributed by atoms with Crippen molar-refractivity contribution < 1.29 is 0 Å². The summed E-state index contributed by atoms with van der Waals surface area (Å²) in [6.45, 7) is 2.09. The van der Waals surface area contributed by atoms with E-state index in [1.807, 2.05) is 7.05 Å². The Morgan fingerprint density at radius 3 is 2.53 bits per heavy atom. The third kappa shape index (κ3) is 2.83. The van der Waals surface area contributed by atoms with Gasteiger partial charge in [0.1, 0.15) is 5.54 Å². The largest absolute Gasteiger partial charge is 0.302 e. The monoisotopic (exact) mass is 246 g/mol. The highest BCUT2D eigenvalue weighted by molar-refractivity contribution is 7.99. The van der Waals surface area contributed by atoms with Crippen LogP contribution in [0.5, 0.6) is 0 Å². The first-order valence-corrected chi connectivity index (χ1v) is 6.98. The van der Waals surface area contributed by atoms with Crippen molar-refractivity contribution in [2.24, 2.45) is 5.92 Å². The van der Waals surface area contributed by atoms with Gasteiger partial charge < -0.3 is 5.32 Å². The summed E-state index contributed by atoms with van der Waals surface area (Å²) in [4.78, 5) is 1.24. The van der Waals surface area contributed by atoms with Crippen molar-refractivity contribution >= 4 is 11.8 Å². The zero-order valence-corrected chi connectivity index (χ0v) is 11.2. The molecule has 1 aromatic rings. The molecular weight excluding hydrogens is 228 g/mol. The van der Waals surface area contributed by atoms with Crippen LogP contribution in [0, 0.1) is 24.2 Å². The van der Waals surface area contributed by atoms with E-state index in [2.05, 4.69) is 42.6 Å². The van der Waals surface area contributed by atoms with E-state index in [1.165, 1.54) is 23.3 Å². The van der Waals surface area contributed by atoms with Crippen LogP contribution < -0.4 is 5.32 Å². The molecule has 90 valence electrons. The quantitative estimate of drug-likeness (QED) is 0.811. The molecule has 17 heavy (non-hydrogen) atoms. The average Bonchev–Trinajstić information content (AvgIpc) is 3.18. The van der Waals surface area contributed by atoms with Crippen LogP contribution in [0.2, 0.25) is 0 Å². The van der Waals surface area contributed by atoms with Crippen molar-refractivity contribution in [3.05, 3.63) is 29.8 Å². The second-order valence-electron chi connectivity index (χ2n) is 4.71. The standard InChI is InChI=1S/C14H18N2S/c1-11-3-7-13(8-4-11)17-10-14(9-15,16-2)12-5-6-12/h3-4,7-8,12,16H,5-6,10H2,1-2H3. The summed E-state index contributed by atoms with van der Waals surface area (Å²) in [6.07, 6.45) is 2.37. The Morgan fingerprint density at radius 1 is 1.41 bits per heavy atom. The maximum absolute atomic E-state index is 9.38. The maximum atomic E-state index is 9.38. The number of hydrogen-bond acceptors (Lipinski definition) is 3. The van der Waals surface area contributed by atoms with Gasteiger partial charge in [0.05, 0.1) is 6.07 Å². The van der Waals surface area contributed by atoms with E-state index in [0.29, 0.717) is 5.92 Å². The van der Waals surface area contributed by atoms with Crippen LogP contribution >= 0.6 is 11.8 Å². The van der Waals surface area contributed by atoms with E-state index >= 15 is 0 Å². The summed E-state index contributed by atoms with van der Waals surface area (Å²) in [5.41, 5.74) is 0.937. The second-order valence-corrected chi connectivity index (χ2v) is 5.76. The summed E-state index contributed by atoms with van der Waals surface area (Å²) in [5, 5.41) is 12.6. The van der Waals surface area contributed by atoms with Gasteiger partial charge in [0.25, 0.3) is 0 Å². The van der Waals surface area contributed by atoms with Crippen LogP contribution in [0.25, 0.3) is 0 Å². The van der Waals surface area contributed by atoms with Crippen LogP contribution in [-0.4, -0.2) is 18.3 Å². The molecule has 0 saturated heterocycles. The number of aryl methyl sites for hydroxylation is 1. The van der Waals surface area contributed by atoms with E-state index in [4.69, 9.17) is 0 Å². The molecule has 0 spiro atoms. The minimum Gasteiger partial charge on any atom is -0.302 e. The number of nitriles is 1. The van der Waals surface area contributed by atoms with Gasteiger partial charge in [-0.1, -0.05) is 17.7 Å². The molecule has 0 radical (unpaired) electrons. The summed E-state index contributed by atoms with van der Waals surface area (Å²) < 4.78 is 0. The van der Waals surface area contributed by atoms with Crippen LogP contribution in [0.15, 0.2) is 29.2 Å². The third-order valence-corrected chi connectivity index (χ3v) is 4.61. The molecule has 0 bridgehead atoms. The molecule has 0 aromatic heterocycles. The third-order valence-electron chi connectivity index (χ3n) is 3.41. The first-order chi connectivity index (χ1) is 8.20. The minimum atomic E-state index is -0.338. The Morgan fingerprint density at radius 2 is 2.06 bits per heavy atom. The number of benzene rings is 1. The van der Waals surface area contributed by atoms with Crippen LogP contribution in [0.1, 0.15) is 18.4 Å². The van der Waals surface area contributed by atoms with Gasteiger partial charge in [-0.05, 0) is 44.9 Å². The predicted molar refractivity (Wildman–Crippen MR) is 72.0 cm³/mol. The van der Waals surface area contributed by atoms with Gasteiger partial charge in [0, 0.05) is 10.6 Å². The van der Waals surface area contributed by atoms with Crippen molar-refractivity contribution in [2.45, 2.75) is 30.2 Å². The highest BCUT2D eigenvalue weighted by Gasteiger charge is 2.44. The van der Waals surface area contributed by atoms with Crippen LogP contribution in [0.3, 0.4) is 0 Å². The maximum Gasteiger partial charge on any atom is 0.118 e. The van der Waals surface area contributed by atoms with E-state index in [0.717, 1.165) is 5.75 Å². The molecule has 1 saturated carbocycles. The normalized spacial score (nSPS) is 18.4. The van der Waals surface area contributed by atoms with E-state index in [1.54, 1.807) is 11.8 Å². The first-order valence-electron chi connectivity index (χ1n) is 6.00. The number of rotatable bonds is 5. The van der Waals surface area contributed by atoms with Crippen molar-refractivity contribution in [1.82, 2.24) is 5.32 Å². The molecule has 1 fully saturated rings. The number of nitrogens with one attached hydrogen (secondary N) is 1. The van der Waals surface area contributed by atoms with Crippen molar-refractivity contribution in [1.29, 1.82) is 5.26 Å². The van der Waals surface area contributed by atoms with Gasteiger partial charge in [0.2, 0.25) is 0 Å². The van der Waals surface area contributed by atoms with Crippen LogP contribution in [0.4, 0.5) is 0 Å². The van der Waals surface area contributed by atoms with Gasteiger partial charge in [0.15, 0.2) is 0 Å². The smallest absolute Gasteiger partial charge is 0.118 e. The summed E-state index contributed by atoms with van der Waals surface area (Å²) in [5.74, 6) is 1.36. The van der Waals surface area contributed by atoms with Crippen molar-refractivity contribution in [2.75, 3.05) is 12.8 Å². The summed E-state index contributed by atoms with van der Waals surface area (Å²) in [7, 11) is 1.90. The molecule has 0 amide bonds. The fraction of sp³-hybridized carbons (Fsp3) is 0.500. The minimum absolute atomic E-state index is 0.338. The van der Waals surface area contributed by atoms with Crippen molar-refractivity contribution in [3.63, 3.8) is 0 Å². The second kappa shape index (κ2) is 5.12. The molecule has 1 N–H and O–H groups in total. The summed E-state index contributed by atoms with van der Waals surface area (Å²) >= 11 is 1.77. The Hall–Kier alpha value is -0.980. The lowest BCUT2D eigenvalue weighted by Crippen LogP contribution is -2.46. The molecule has 2 nitrogen and oxygen atoms in total. The molecule has 1 aromatic carbocycles. The first kappa shape index (κ1) is 12.5. The topological polar surface area (TPSA) is 35.8 Å². The fourth-order valence-corrected chi connectivity index (χ4v) is 3.15. The Bertz CT molecular complexity index is 417. The number of hydrogen-bond donors (Lipinski definition) is 1. The Labute approximate surface area is 107 Å². The molecule has 2 rings (SSSR count). The lowest BCUT2D eigenvalue weighted by molar-refractivity contribution is 0.441. The molecule has 0 heterocycles. The Kier molecular flexibility index (Phi) is 3.76. The molecule has 3 heteroatoms. The molecule has 1 unspecified atom stereocenters. The van der Waals surface area contributed by atoms with Gasteiger partial charge in [-0.3, -0.25) is 0 Å². The van der Waals surface area contributed by atoms with Gasteiger partial charge in [-0.25, -0.2) is 0 Å². The molecule has 1 atom stereocenters. The molecule has 0 aliphatic heterocycles. The Balaban J connectivity index is 2.00. The van der Waals surface area contributed by atoms with E-state index in [9.17, 15) is 5.26 Å². The van der Waals surface area contributed by atoms with E-state index < -0.39 is 0 Å². The highest BCUT2D eigenvalue weighted by atomic mass is 32.2. The zero-order chi connectivity index (χ0) is 12.3. The molecule has 1 aliphatic rings. The van der Waals surface area contributed by atoms with Gasteiger partial charge >= 0.3 is 0 Å². The van der Waals surface area contributed by atoms with E-state index in [-0.39, 0.29) is 5.54 Å². The van der Waals surface area contributed by atoms with Crippen LogP contribution in [-0.2, 0) is 0 Å². The fourth-order valence-electron chi connectivity index (χ4n) is 1.98. The summed E-state index contributed by atoms with van der Waals surface area (Å²) in [6, 6.07) is 11.0. The number of nitrogens with zero attached hydrogens (tertiary/aromatic N) is 1. The lowest BCUT2D eigenvalue weighted by atomic mass is 9.98. The molecular formula is C14H18N2S. The van der Waals surface area contributed by atoms with Crippen molar-refractivity contribution in [3.8, 4) is 6.07 Å². The SMILES string of the molecule is CNC(C#N)(CSc1ccc(C)cc1)C1CC1. The van der Waals surface area contributed by atoms with Gasteiger partial charge in [-0.15, -0.1) is 11.8 Å². The highest BCUT2D eigenvalue weighted by Crippen LogP contribution is 2.41. The predicted octanol–water partition coefficient (Wildman–Crippen LogP) is 2.98. The lowest BCUT2D eigenvalue weighted by Gasteiger charge is -2.25. The number of thioether (sulfide) groups is 1. The molecule has 1 aliphatic carbocycles.